The summed E-state index contributed by atoms with van der Waals surface area (Å²) < 4.78 is 5.40. The van der Waals surface area contributed by atoms with E-state index in [-0.39, 0.29) is 29.6 Å². The van der Waals surface area contributed by atoms with Gasteiger partial charge in [-0.3, -0.25) is 24.4 Å². The molecular weight excluding hydrogens is 506 g/mol. The number of likely N-dealkylation sites (N-methyl/N-ethyl adjacent to an activating group) is 1. The summed E-state index contributed by atoms with van der Waals surface area (Å²) in [5.41, 5.74) is 2.51. The SMILES string of the molecule is CNC(=O)c1c(NC(=O)c2ccc(-c3cn[nH]c3)s2)[nH]c2cc(N(C)C(=O)[C@H](C)N3CCOCC3)ccc12. The fraction of sp³-hybridized carbons (Fsp3) is 0.308. The second-order valence-electron chi connectivity index (χ2n) is 9.01. The molecule has 12 heteroatoms. The summed E-state index contributed by atoms with van der Waals surface area (Å²) in [4.78, 5) is 47.4. The smallest absolute Gasteiger partial charge is 0.266 e. The lowest BCUT2D eigenvalue weighted by Crippen LogP contribution is -2.50. The van der Waals surface area contributed by atoms with Crippen LogP contribution in [0.4, 0.5) is 11.5 Å². The van der Waals surface area contributed by atoms with Crippen LogP contribution in [0.5, 0.6) is 0 Å². The molecular formula is C26H29N7O4S. The number of benzene rings is 1. The number of carbonyl (C=O) groups is 3. The molecule has 4 N–H and O–H groups in total. The molecule has 1 atom stereocenters. The van der Waals surface area contributed by atoms with Crippen molar-refractivity contribution in [2.45, 2.75) is 13.0 Å². The molecule has 1 aliphatic heterocycles. The second-order valence-corrected chi connectivity index (χ2v) is 10.1. The molecule has 5 rings (SSSR count). The van der Waals surface area contributed by atoms with E-state index in [0.717, 1.165) is 10.4 Å². The van der Waals surface area contributed by atoms with Gasteiger partial charge in [0, 0.05) is 60.4 Å². The van der Waals surface area contributed by atoms with E-state index in [1.54, 1.807) is 42.5 Å². The van der Waals surface area contributed by atoms with E-state index in [4.69, 9.17) is 4.74 Å². The standard InChI is InChI=1S/C26H29N7O4S/c1-15(33-8-10-37-11-9-33)26(36)32(3)17-4-5-18-19(12-17)30-23(22(18)25(35)27-2)31-24(34)21-7-6-20(38-21)16-13-28-29-14-16/h4-7,12-15,30H,8-11H2,1-3H3,(H,27,35)(H,28,29)(H,31,34)/t15-/m0/s1. The van der Waals surface area contributed by atoms with Gasteiger partial charge in [0.1, 0.15) is 5.82 Å². The quantitative estimate of drug-likeness (QED) is 0.287. The maximum absolute atomic E-state index is 13.2. The van der Waals surface area contributed by atoms with Crippen molar-refractivity contribution in [3.63, 3.8) is 0 Å². The van der Waals surface area contributed by atoms with Crippen LogP contribution in [0.2, 0.25) is 0 Å². The van der Waals surface area contributed by atoms with Gasteiger partial charge in [0.2, 0.25) is 5.91 Å². The van der Waals surface area contributed by atoms with Crippen LogP contribution in [-0.4, -0.2) is 84.2 Å². The summed E-state index contributed by atoms with van der Waals surface area (Å²) in [5, 5.41) is 12.8. The number of thiophene rings is 1. The van der Waals surface area contributed by atoms with Gasteiger partial charge in [0.25, 0.3) is 11.8 Å². The lowest BCUT2D eigenvalue weighted by Gasteiger charge is -2.33. The van der Waals surface area contributed by atoms with E-state index in [1.165, 1.54) is 18.4 Å². The highest BCUT2D eigenvalue weighted by atomic mass is 32.1. The number of rotatable bonds is 7. The number of nitrogens with one attached hydrogen (secondary N) is 4. The molecule has 38 heavy (non-hydrogen) atoms. The molecule has 0 aliphatic carbocycles. The van der Waals surface area contributed by atoms with Gasteiger partial charge in [0.15, 0.2) is 0 Å². The Kier molecular flexibility index (Phi) is 7.27. The number of nitrogens with zero attached hydrogens (tertiary/aromatic N) is 3. The van der Waals surface area contributed by atoms with Crippen molar-refractivity contribution in [1.82, 2.24) is 25.4 Å². The van der Waals surface area contributed by atoms with Gasteiger partial charge >= 0.3 is 0 Å². The Hall–Kier alpha value is -4.00. The first-order valence-corrected chi connectivity index (χ1v) is 13.1. The number of hydrogen-bond donors (Lipinski definition) is 4. The Morgan fingerprint density at radius 1 is 1.16 bits per heavy atom. The van der Waals surface area contributed by atoms with Crippen molar-refractivity contribution < 1.29 is 19.1 Å². The Morgan fingerprint density at radius 3 is 2.66 bits per heavy atom. The van der Waals surface area contributed by atoms with E-state index in [1.807, 2.05) is 19.1 Å². The molecule has 198 valence electrons. The van der Waals surface area contributed by atoms with E-state index < -0.39 is 0 Å². The topological polar surface area (TPSA) is 135 Å². The van der Waals surface area contributed by atoms with Crippen molar-refractivity contribution in [3.05, 3.63) is 53.2 Å². The minimum absolute atomic E-state index is 0.0380. The average Bonchev–Trinajstić information content (AvgIpc) is 3.71. The molecule has 1 aliphatic rings. The number of aromatic amines is 2. The Bertz CT molecular complexity index is 1470. The molecule has 0 unspecified atom stereocenters. The predicted molar refractivity (Wildman–Crippen MR) is 147 cm³/mol. The lowest BCUT2D eigenvalue weighted by atomic mass is 10.1. The van der Waals surface area contributed by atoms with Crippen LogP contribution >= 0.6 is 11.3 Å². The molecule has 4 heterocycles. The van der Waals surface area contributed by atoms with Gasteiger partial charge in [-0.25, -0.2) is 0 Å². The van der Waals surface area contributed by atoms with Crippen molar-refractivity contribution >= 4 is 51.5 Å². The second kappa shape index (κ2) is 10.8. The average molecular weight is 536 g/mol. The van der Waals surface area contributed by atoms with Crippen LogP contribution in [0.1, 0.15) is 27.0 Å². The van der Waals surface area contributed by atoms with Gasteiger partial charge in [-0.15, -0.1) is 11.3 Å². The maximum atomic E-state index is 13.2. The summed E-state index contributed by atoms with van der Waals surface area (Å²) in [5.74, 6) is -0.428. The highest BCUT2D eigenvalue weighted by Crippen LogP contribution is 2.32. The number of amides is 3. The minimum Gasteiger partial charge on any atom is -0.379 e. The molecule has 1 fully saturated rings. The van der Waals surface area contributed by atoms with Crippen LogP contribution in [0, 0.1) is 0 Å². The number of H-pyrrole nitrogens is 2. The third-order valence-electron chi connectivity index (χ3n) is 6.76. The first-order chi connectivity index (χ1) is 18.4. The lowest BCUT2D eigenvalue weighted by molar-refractivity contribution is -0.124. The molecule has 0 saturated carbocycles. The Labute approximate surface area is 223 Å². The molecule has 11 nitrogen and oxygen atoms in total. The summed E-state index contributed by atoms with van der Waals surface area (Å²) in [6.45, 7) is 4.55. The van der Waals surface area contributed by atoms with Gasteiger partial charge < -0.3 is 25.3 Å². The Balaban J connectivity index is 1.41. The third-order valence-corrected chi connectivity index (χ3v) is 7.89. The predicted octanol–water partition coefficient (Wildman–Crippen LogP) is 2.91. The van der Waals surface area contributed by atoms with Crippen LogP contribution in [0.15, 0.2) is 42.7 Å². The normalized spacial score (nSPS) is 14.8. The molecule has 3 aromatic heterocycles. The summed E-state index contributed by atoms with van der Waals surface area (Å²) in [7, 11) is 3.27. The maximum Gasteiger partial charge on any atom is 0.266 e. The van der Waals surface area contributed by atoms with E-state index in [9.17, 15) is 14.4 Å². The highest BCUT2D eigenvalue weighted by Gasteiger charge is 2.27. The molecule has 1 saturated heterocycles. The largest absolute Gasteiger partial charge is 0.379 e. The summed E-state index contributed by atoms with van der Waals surface area (Å²) >= 11 is 1.33. The fourth-order valence-electron chi connectivity index (χ4n) is 4.55. The number of morpholine rings is 1. The van der Waals surface area contributed by atoms with E-state index in [0.29, 0.717) is 53.3 Å². The van der Waals surface area contributed by atoms with Gasteiger partial charge in [0.05, 0.1) is 35.9 Å². The number of carbonyl (C=O) groups excluding carboxylic acids is 3. The number of ether oxygens (including phenoxy) is 1. The summed E-state index contributed by atoms with van der Waals surface area (Å²) in [6, 6.07) is 8.69. The number of fused-ring (bicyclic) bond motifs is 1. The van der Waals surface area contributed by atoms with Crippen LogP contribution < -0.4 is 15.5 Å². The van der Waals surface area contributed by atoms with Crippen LogP contribution in [0.25, 0.3) is 21.3 Å². The Morgan fingerprint density at radius 2 is 1.95 bits per heavy atom. The van der Waals surface area contributed by atoms with Crippen molar-refractivity contribution in [2.75, 3.05) is 50.6 Å². The highest BCUT2D eigenvalue weighted by molar-refractivity contribution is 7.17. The first-order valence-electron chi connectivity index (χ1n) is 12.2. The van der Waals surface area contributed by atoms with E-state index >= 15 is 0 Å². The molecule has 4 aromatic rings. The van der Waals surface area contributed by atoms with Crippen LogP contribution in [0.3, 0.4) is 0 Å². The minimum atomic E-state index is -0.340. The van der Waals surface area contributed by atoms with Gasteiger partial charge in [-0.05, 0) is 37.3 Å². The fourth-order valence-corrected chi connectivity index (χ4v) is 5.44. The molecule has 1 aromatic carbocycles. The zero-order valence-corrected chi connectivity index (χ0v) is 22.1. The van der Waals surface area contributed by atoms with Gasteiger partial charge in [-0.1, -0.05) is 0 Å². The monoisotopic (exact) mass is 535 g/mol. The van der Waals surface area contributed by atoms with Crippen molar-refractivity contribution in [3.8, 4) is 10.4 Å². The van der Waals surface area contributed by atoms with Crippen LogP contribution in [-0.2, 0) is 9.53 Å². The van der Waals surface area contributed by atoms with Crippen molar-refractivity contribution in [2.24, 2.45) is 0 Å². The molecule has 0 radical (unpaired) electrons. The number of anilines is 2. The zero-order chi connectivity index (χ0) is 26.8. The zero-order valence-electron chi connectivity index (χ0n) is 21.3. The van der Waals surface area contributed by atoms with E-state index in [2.05, 4.69) is 30.7 Å². The van der Waals surface area contributed by atoms with Gasteiger partial charge in [-0.2, -0.15) is 5.10 Å². The molecule has 0 bridgehead atoms. The first kappa shape index (κ1) is 25.6. The number of hydrogen-bond acceptors (Lipinski definition) is 7. The third kappa shape index (κ3) is 4.93. The summed E-state index contributed by atoms with van der Waals surface area (Å²) in [6.07, 6.45) is 3.45. The molecule has 0 spiro atoms. The molecule has 3 amide bonds. The number of aromatic nitrogens is 3. The van der Waals surface area contributed by atoms with Crippen molar-refractivity contribution in [1.29, 1.82) is 0 Å².